The van der Waals surface area contributed by atoms with Crippen molar-refractivity contribution in [3.05, 3.63) is 29.8 Å². The van der Waals surface area contributed by atoms with Crippen molar-refractivity contribution in [2.24, 2.45) is 5.92 Å². The molecule has 1 heterocycles. The summed E-state index contributed by atoms with van der Waals surface area (Å²) in [4.78, 5) is 25.0. The van der Waals surface area contributed by atoms with Crippen molar-refractivity contribution in [1.82, 2.24) is 10.2 Å². The first-order chi connectivity index (χ1) is 11.1. The summed E-state index contributed by atoms with van der Waals surface area (Å²) in [5, 5.41) is 11.9. The first-order valence-electron chi connectivity index (χ1n) is 8.02. The van der Waals surface area contributed by atoms with Crippen molar-refractivity contribution in [2.75, 3.05) is 26.4 Å². The summed E-state index contributed by atoms with van der Waals surface area (Å²) >= 11 is 0. The summed E-state index contributed by atoms with van der Waals surface area (Å²) in [7, 11) is 0. The molecule has 6 nitrogen and oxygen atoms in total. The first-order valence-corrected chi connectivity index (χ1v) is 8.02. The minimum Gasteiger partial charge on any atom is -0.494 e. The van der Waals surface area contributed by atoms with Crippen molar-refractivity contribution < 1.29 is 19.4 Å². The number of carbonyl (C=O) groups is 2. The molecule has 0 aromatic heterocycles. The van der Waals surface area contributed by atoms with Gasteiger partial charge in [-0.3, -0.25) is 14.5 Å². The highest BCUT2D eigenvalue weighted by Crippen LogP contribution is 2.16. The van der Waals surface area contributed by atoms with Gasteiger partial charge in [0, 0.05) is 13.1 Å². The van der Waals surface area contributed by atoms with Crippen molar-refractivity contribution in [3.63, 3.8) is 0 Å². The molecule has 1 aliphatic rings. The predicted molar refractivity (Wildman–Crippen MR) is 86.3 cm³/mol. The van der Waals surface area contributed by atoms with Gasteiger partial charge in [-0.1, -0.05) is 12.1 Å². The Hall–Kier alpha value is -2.08. The molecule has 23 heavy (non-hydrogen) atoms. The second-order valence-corrected chi connectivity index (χ2v) is 5.74. The third-order valence-electron chi connectivity index (χ3n) is 4.04. The van der Waals surface area contributed by atoms with E-state index in [1.807, 2.05) is 31.2 Å². The van der Waals surface area contributed by atoms with E-state index in [1.165, 1.54) is 0 Å². The molecule has 6 heteroatoms. The third-order valence-corrected chi connectivity index (χ3v) is 4.04. The van der Waals surface area contributed by atoms with Crippen molar-refractivity contribution >= 4 is 11.9 Å². The Morgan fingerprint density at radius 1 is 1.26 bits per heavy atom. The molecule has 1 fully saturated rings. The Morgan fingerprint density at radius 2 is 1.91 bits per heavy atom. The number of carboxylic acids is 1. The lowest BCUT2D eigenvalue weighted by Crippen LogP contribution is -2.43. The quantitative estimate of drug-likeness (QED) is 0.796. The Morgan fingerprint density at radius 3 is 2.48 bits per heavy atom. The zero-order chi connectivity index (χ0) is 16.7. The number of carbonyl (C=O) groups excluding carboxylic acids is 1. The number of piperidine rings is 1. The van der Waals surface area contributed by atoms with Crippen LogP contribution in [0.15, 0.2) is 24.3 Å². The number of likely N-dealkylation sites (tertiary alicyclic amines) is 1. The maximum atomic E-state index is 12.0. The molecular weight excluding hydrogens is 296 g/mol. The van der Waals surface area contributed by atoms with Crippen LogP contribution in [-0.4, -0.2) is 48.2 Å². The molecule has 1 saturated heterocycles. The summed E-state index contributed by atoms with van der Waals surface area (Å²) in [5.41, 5.74) is 0.940. The fraction of sp³-hybridized carbons (Fsp3) is 0.529. The molecule has 126 valence electrons. The highest BCUT2D eigenvalue weighted by atomic mass is 16.5. The molecule has 1 aromatic rings. The maximum absolute atomic E-state index is 12.0. The lowest BCUT2D eigenvalue weighted by Gasteiger charge is -2.29. The summed E-state index contributed by atoms with van der Waals surface area (Å²) in [6.07, 6.45) is 1.62. The minimum absolute atomic E-state index is 0.0329. The molecule has 2 N–H and O–H groups in total. The van der Waals surface area contributed by atoms with Crippen LogP contribution >= 0.6 is 0 Å². The molecule has 1 aliphatic heterocycles. The van der Waals surface area contributed by atoms with Gasteiger partial charge in [-0.25, -0.2) is 0 Å². The Balaban J connectivity index is 1.70. The summed E-state index contributed by atoms with van der Waals surface area (Å²) in [5.74, 6) is -0.192. The molecule has 1 amide bonds. The number of amides is 1. The number of hydrogen-bond donors (Lipinski definition) is 2. The number of nitrogens with one attached hydrogen (secondary N) is 1. The summed E-state index contributed by atoms with van der Waals surface area (Å²) < 4.78 is 5.37. The molecule has 2 rings (SSSR count). The van der Waals surface area contributed by atoms with Crippen LogP contribution in [0.2, 0.25) is 0 Å². The number of benzene rings is 1. The van der Waals surface area contributed by atoms with Gasteiger partial charge in [0.1, 0.15) is 5.75 Å². The number of rotatable bonds is 7. The Kier molecular flexibility index (Phi) is 6.40. The zero-order valence-corrected chi connectivity index (χ0v) is 13.5. The highest BCUT2D eigenvalue weighted by Gasteiger charge is 2.24. The van der Waals surface area contributed by atoms with Gasteiger partial charge < -0.3 is 15.2 Å². The van der Waals surface area contributed by atoms with E-state index >= 15 is 0 Å². The van der Waals surface area contributed by atoms with Crippen LogP contribution in [0.3, 0.4) is 0 Å². The molecule has 0 saturated carbocycles. The second kappa shape index (κ2) is 8.53. The molecular formula is C17H24N2O4. The van der Waals surface area contributed by atoms with E-state index in [4.69, 9.17) is 9.84 Å². The normalized spacial score (nSPS) is 16.0. The van der Waals surface area contributed by atoms with Gasteiger partial charge in [0.15, 0.2) is 0 Å². The largest absolute Gasteiger partial charge is 0.494 e. The van der Waals surface area contributed by atoms with Crippen LogP contribution < -0.4 is 10.1 Å². The van der Waals surface area contributed by atoms with Crippen LogP contribution in [0.4, 0.5) is 0 Å². The van der Waals surface area contributed by atoms with E-state index in [0.29, 0.717) is 45.6 Å². The van der Waals surface area contributed by atoms with Crippen LogP contribution in [0.1, 0.15) is 25.3 Å². The van der Waals surface area contributed by atoms with Crippen molar-refractivity contribution in [1.29, 1.82) is 0 Å². The van der Waals surface area contributed by atoms with Crippen molar-refractivity contribution in [3.8, 4) is 5.75 Å². The van der Waals surface area contributed by atoms with Gasteiger partial charge in [-0.15, -0.1) is 0 Å². The summed E-state index contributed by atoms with van der Waals surface area (Å²) in [6, 6.07) is 7.51. The smallest absolute Gasteiger partial charge is 0.306 e. The predicted octanol–water partition coefficient (Wildman–Crippen LogP) is 1.50. The number of nitrogens with zero attached hydrogens (tertiary/aromatic N) is 1. The van der Waals surface area contributed by atoms with Crippen LogP contribution in [0.5, 0.6) is 5.75 Å². The molecule has 0 spiro atoms. The number of hydrogen-bond acceptors (Lipinski definition) is 4. The minimum atomic E-state index is -0.718. The fourth-order valence-corrected chi connectivity index (χ4v) is 2.66. The molecule has 0 aliphatic carbocycles. The van der Waals surface area contributed by atoms with Gasteiger partial charge >= 0.3 is 5.97 Å². The Bertz CT molecular complexity index is 522. The molecule has 0 atom stereocenters. The van der Waals surface area contributed by atoms with Crippen LogP contribution in [-0.2, 0) is 16.0 Å². The average Bonchev–Trinajstić information content (AvgIpc) is 2.55. The third kappa shape index (κ3) is 5.56. The van der Waals surface area contributed by atoms with Gasteiger partial charge in [0.25, 0.3) is 0 Å². The van der Waals surface area contributed by atoms with E-state index in [0.717, 1.165) is 11.3 Å². The van der Waals surface area contributed by atoms with Gasteiger partial charge in [0.05, 0.1) is 25.6 Å². The fourth-order valence-electron chi connectivity index (χ4n) is 2.66. The number of aliphatic carboxylic acids is 1. The Labute approximate surface area is 136 Å². The molecule has 0 bridgehead atoms. The van der Waals surface area contributed by atoms with Crippen LogP contribution in [0.25, 0.3) is 0 Å². The van der Waals surface area contributed by atoms with E-state index in [9.17, 15) is 9.59 Å². The molecule has 1 aromatic carbocycles. The highest BCUT2D eigenvalue weighted by molar-refractivity contribution is 5.78. The zero-order valence-electron chi connectivity index (χ0n) is 13.5. The molecule has 0 unspecified atom stereocenters. The second-order valence-electron chi connectivity index (χ2n) is 5.74. The topological polar surface area (TPSA) is 78.9 Å². The van der Waals surface area contributed by atoms with Crippen molar-refractivity contribution in [2.45, 2.75) is 26.2 Å². The van der Waals surface area contributed by atoms with E-state index in [1.54, 1.807) is 0 Å². The number of carboxylic acid groups (broad SMARTS) is 1. The van der Waals surface area contributed by atoms with Crippen LogP contribution in [0, 0.1) is 5.92 Å². The number of ether oxygens (including phenoxy) is 1. The van der Waals surface area contributed by atoms with Gasteiger partial charge in [0.2, 0.25) is 5.91 Å². The molecule has 0 radical (unpaired) electrons. The average molecular weight is 320 g/mol. The monoisotopic (exact) mass is 320 g/mol. The van der Waals surface area contributed by atoms with Gasteiger partial charge in [-0.2, -0.15) is 0 Å². The van der Waals surface area contributed by atoms with E-state index < -0.39 is 5.97 Å². The lowest BCUT2D eigenvalue weighted by molar-refractivity contribution is -0.143. The van der Waals surface area contributed by atoms with E-state index in [2.05, 4.69) is 10.2 Å². The summed E-state index contributed by atoms with van der Waals surface area (Å²) in [6.45, 7) is 4.45. The van der Waals surface area contributed by atoms with Gasteiger partial charge in [-0.05, 0) is 37.5 Å². The first kappa shape index (κ1) is 17.3. The SMILES string of the molecule is CCOc1ccc(CC(=O)NCN2CCC(C(=O)O)CC2)cc1. The maximum Gasteiger partial charge on any atom is 0.306 e. The van der Waals surface area contributed by atoms with E-state index in [-0.39, 0.29) is 11.8 Å². The lowest BCUT2D eigenvalue weighted by atomic mass is 9.97. The standard InChI is InChI=1S/C17H24N2O4/c1-2-23-15-5-3-13(4-6-15)11-16(20)18-12-19-9-7-14(8-10-19)17(21)22/h3-6,14H,2,7-12H2,1H3,(H,18,20)(H,21,22).